The maximum absolute atomic E-state index is 12.7. The van der Waals surface area contributed by atoms with E-state index in [0.29, 0.717) is 27.4 Å². The highest BCUT2D eigenvalue weighted by Crippen LogP contribution is 2.37. The van der Waals surface area contributed by atoms with Gasteiger partial charge in [-0.25, -0.2) is 14.6 Å². The lowest BCUT2D eigenvalue weighted by atomic mass is 10.1. The lowest BCUT2D eigenvalue weighted by Gasteiger charge is -2.15. The predicted octanol–water partition coefficient (Wildman–Crippen LogP) is 2.36. The van der Waals surface area contributed by atoms with Crippen molar-refractivity contribution in [2.45, 2.75) is 48.4 Å². The van der Waals surface area contributed by atoms with Gasteiger partial charge in [-0.3, -0.25) is 0 Å². The first-order valence-electron chi connectivity index (χ1n) is 8.96. The zero-order valence-electron chi connectivity index (χ0n) is 15.6. The van der Waals surface area contributed by atoms with E-state index in [1.165, 1.54) is 34.9 Å². The van der Waals surface area contributed by atoms with Crippen molar-refractivity contribution in [3.8, 4) is 0 Å². The number of nitrogen functional groups attached to an aromatic ring is 1. The molecule has 1 saturated heterocycles. The molecule has 30 heavy (non-hydrogen) atoms. The van der Waals surface area contributed by atoms with Gasteiger partial charge in [0.2, 0.25) is 0 Å². The molecule has 4 N–H and O–H groups in total. The van der Waals surface area contributed by atoms with E-state index >= 15 is 0 Å². The zero-order valence-corrected chi connectivity index (χ0v) is 16.4. The fourth-order valence-corrected chi connectivity index (χ4v) is 4.19. The number of thioether (sulfide) groups is 1. The van der Waals surface area contributed by atoms with E-state index in [1.807, 2.05) is 0 Å². The summed E-state index contributed by atoms with van der Waals surface area (Å²) in [6, 6.07) is 4.85. The van der Waals surface area contributed by atoms with Crippen molar-refractivity contribution in [1.29, 1.82) is 0 Å². The third-order valence-electron chi connectivity index (χ3n) is 4.86. The lowest BCUT2D eigenvalue weighted by molar-refractivity contribution is -0.137. The van der Waals surface area contributed by atoms with Crippen LogP contribution in [0.4, 0.5) is 19.0 Å². The number of benzene rings is 1. The fraction of sp³-hybridized carbons (Fsp3) is 0.389. The van der Waals surface area contributed by atoms with Crippen molar-refractivity contribution in [3.63, 3.8) is 0 Å². The Kier molecular flexibility index (Phi) is 5.34. The van der Waals surface area contributed by atoms with Crippen LogP contribution in [0, 0.1) is 0 Å². The van der Waals surface area contributed by atoms with Crippen LogP contribution in [0.5, 0.6) is 0 Å². The predicted molar refractivity (Wildman–Crippen MR) is 102 cm³/mol. The number of aromatic nitrogens is 4. The molecule has 2 aromatic heterocycles. The molecule has 1 aliphatic heterocycles. The molecule has 0 aliphatic carbocycles. The van der Waals surface area contributed by atoms with Crippen LogP contribution in [0.1, 0.15) is 24.3 Å². The summed E-state index contributed by atoms with van der Waals surface area (Å²) in [5.74, 6) is 0.494. The molecule has 1 aliphatic rings. The van der Waals surface area contributed by atoms with E-state index in [4.69, 9.17) is 10.5 Å². The summed E-state index contributed by atoms with van der Waals surface area (Å²) >= 11 is 1.24. The smallest absolute Gasteiger partial charge is 0.388 e. The minimum absolute atomic E-state index is 0.169. The molecular formula is C18H18F3N5O3S. The van der Waals surface area contributed by atoms with Crippen LogP contribution in [0.2, 0.25) is 0 Å². The molecule has 12 heteroatoms. The fourth-order valence-electron chi connectivity index (χ4n) is 3.21. The first-order chi connectivity index (χ1) is 14.2. The second-order valence-corrected chi connectivity index (χ2v) is 7.87. The Bertz CT molecular complexity index is 1060. The van der Waals surface area contributed by atoms with E-state index in [1.54, 1.807) is 6.92 Å². The Labute approximate surface area is 172 Å². The Hall–Kier alpha value is -2.41. The number of halogens is 3. The second-order valence-electron chi connectivity index (χ2n) is 6.90. The topological polar surface area (TPSA) is 119 Å². The van der Waals surface area contributed by atoms with E-state index in [9.17, 15) is 23.4 Å². The molecule has 1 fully saturated rings. The van der Waals surface area contributed by atoms with Gasteiger partial charge in [-0.15, -0.1) is 0 Å². The molecule has 0 radical (unpaired) electrons. The van der Waals surface area contributed by atoms with E-state index in [2.05, 4.69) is 15.1 Å². The van der Waals surface area contributed by atoms with Crippen LogP contribution in [0.15, 0.2) is 35.6 Å². The van der Waals surface area contributed by atoms with Gasteiger partial charge in [0.15, 0.2) is 11.9 Å². The number of ether oxygens (including phenoxy) is 1. The third kappa shape index (κ3) is 3.71. The Morgan fingerprint density at radius 1 is 1.17 bits per heavy atom. The summed E-state index contributed by atoms with van der Waals surface area (Å²) in [4.78, 5) is 8.16. The van der Waals surface area contributed by atoms with Crippen molar-refractivity contribution in [2.75, 3.05) is 5.73 Å². The van der Waals surface area contributed by atoms with Gasteiger partial charge in [-0.05, 0) is 24.6 Å². The van der Waals surface area contributed by atoms with Gasteiger partial charge in [0.1, 0.15) is 29.4 Å². The zero-order chi connectivity index (χ0) is 21.6. The number of hydrogen-bond donors (Lipinski definition) is 3. The first kappa shape index (κ1) is 20.8. The Balaban J connectivity index is 1.63. The van der Waals surface area contributed by atoms with Crippen molar-refractivity contribution in [1.82, 2.24) is 19.7 Å². The van der Waals surface area contributed by atoms with Crippen LogP contribution < -0.4 is 5.73 Å². The average Bonchev–Trinajstić information content (AvgIpc) is 3.19. The highest BCUT2D eigenvalue weighted by atomic mass is 32.2. The number of alkyl halides is 3. The maximum Gasteiger partial charge on any atom is 0.416 e. The first-order valence-corrected chi connectivity index (χ1v) is 9.94. The molecule has 4 rings (SSSR count). The van der Waals surface area contributed by atoms with Crippen molar-refractivity contribution >= 4 is 28.6 Å². The SMILES string of the molecule is C[C@H]1O[C@@H](n2nc(SCc3ccc(C(F)(F)F)cc3)c3c(N)ncnc32)[C@H](O)[C@@H]1O. The number of fused-ring (bicyclic) bond motifs is 1. The van der Waals surface area contributed by atoms with Crippen LogP contribution in [0.25, 0.3) is 11.0 Å². The minimum Gasteiger partial charge on any atom is -0.388 e. The molecule has 0 spiro atoms. The van der Waals surface area contributed by atoms with Gasteiger partial charge in [0.05, 0.1) is 17.1 Å². The van der Waals surface area contributed by atoms with Gasteiger partial charge in [0.25, 0.3) is 0 Å². The highest BCUT2D eigenvalue weighted by Gasteiger charge is 2.43. The summed E-state index contributed by atoms with van der Waals surface area (Å²) in [5.41, 5.74) is 6.26. The number of aliphatic hydroxyl groups is 2. The largest absolute Gasteiger partial charge is 0.416 e. The number of aliphatic hydroxyl groups excluding tert-OH is 2. The number of anilines is 1. The molecule has 0 saturated carbocycles. The molecule has 8 nitrogen and oxygen atoms in total. The second kappa shape index (κ2) is 7.69. The summed E-state index contributed by atoms with van der Waals surface area (Å²) < 4.78 is 45.2. The molecule has 3 aromatic rings. The van der Waals surface area contributed by atoms with Crippen LogP contribution in [-0.2, 0) is 16.7 Å². The normalized spacial score (nSPS) is 24.6. The van der Waals surface area contributed by atoms with Crippen molar-refractivity contribution in [3.05, 3.63) is 41.7 Å². The highest BCUT2D eigenvalue weighted by molar-refractivity contribution is 7.98. The lowest BCUT2D eigenvalue weighted by Crippen LogP contribution is -2.30. The maximum atomic E-state index is 12.7. The molecule has 0 amide bonds. The molecule has 160 valence electrons. The average molecular weight is 441 g/mol. The molecule has 3 heterocycles. The summed E-state index contributed by atoms with van der Waals surface area (Å²) in [5, 5.41) is 25.6. The Morgan fingerprint density at radius 3 is 2.47 bits per heavy atom. The molecule has 1 aromatic carbocycles. The van der Waals surface area contributed by atoms with E-state index in [-0.39, 0.29) is 5.82 Å². The van der Waals surface area contributed by atoms with Gasteiger partial charge < -0.3 is 20.7 Å². The van der Waals surface area contributed by atoms with E-state index in [0.717, 1.165) is 12.1 Å². The third-order valence-corrected chi connectivity index (χ3v) is 5.90. The Morgan fingerprint density at radius 2 is 1.87 bits per heavy atom. The minimum atomic E-state index is -4.39. The number of nitrogens with zero attached hydrogens (tertiary/aromatic N) is 4. The molecule has 0 unspecified atom stereocenters. The molecular weight excluding hydrogens is 423 g/mol. The number of nitrogens with two attached hydrogens (primary N) is 1. The summed E-state index contributed by atoms with van der Waals surface area (Å²) in [6.07, 6.45) is -7.01. The monoisotopic (exact) mass is 441 g/mol. The van der Waals surface area contributed by atoms with Crippen LogP contribution in [-0.4, -0.2) is 48.3 Å². The summed E-state index contributed by atoms with van der Waals surface area (Å²) in [6.45, 7) is 1.63. The molecule has 0 bridgehead atoms. The van der Waals surface area contributed by atoms with Crippen molar-refractivity contribution < 1.29 is 28.1 Å². The van der Waals surface area contributed by atoms with Crippen molar-refractivity contribution in [2.24, 2.45) is 0 Å². The van der Waals surface area contributed by atoms with Gasteiger partial charge >= 0.3 is 6.18 Å². The van der Waals surface area contributed by atoms with Crippen LogP contribution in [0.3, 0.4) is 0 Å². The van der Waals surface area contributed by atoms with Crippen LogP contribution >= 0.6 is 11.8 Å². The number of rotatable bonds is 4. The number of hydrogen-bond acceptors (Lipinski definition) is 8. The quantitative estimate of drug-likeness (QED) is 0.528. The van der Waals surface area contributed by atoms with Gasteiger partial charge in [-0.1, -0.05) is 23.9 Å². The molecule has 4 atom stereocenters. The van der Waals surface area contributed by atoms with Gasteiger partial charge in [0, 0.05) is 5.75 Å². The van der Waals surface area contributed by atoms with Gasteiger partial charge in [-0.2, -0.15) is 18.3 Å². The summed E-state index contributed by atoms with van der Waals surface area (Å²) in [7, 11) is 0. The standard InChI is InChI=1S/C18H18F3N5O3S/c1-8-12(27)13(28)17(29-8)26-15-11(14(22)23-7-24-15)16(25-26)30-6-9-2-4-10(5-3-9)18(19,20)21/h2-5,7-8,12-13,17,27-28H,6H2,1H3,(H2,22,23,24)/t8-,12-,13-,17-/m1/s1. The van der Waals surface area contributed by atoms with E-state index < -0.39 is 36.3 Å².